The summed E-state index contributed by atoms with van der Waals surface area (Å²) < 4.78 is 46.3. The van der Waals surface area contributed by atoms with Gasteiger partial charge in [-0.15, -0.1) is 24.0 Å². The summed E-state index contributed by atoms with van der Waals surface area (Å²) in [6, 6.07) is 13.4. The third-order valence-corrected chi connectivity index (χ3v) is 3.10. The summed E-state index contributed by atoms with van der Waals surface area (Å²) in [5.74, 6) is 1.04. The Hall–Kier alpha value is -2.17. The van der Waals surface area contributed by atoms with Gasteiger partial charge in [0, 0.05) is 5.69 Å². The zero-order chi connectivity index (χ0) is 18.3. The molecule has 0 aliphatic heterocycles. The zero-order valence-corrected chi connectivity index (χ0v) is 16.2. The topological polar surface area (TPSA) is 68.9 Å². The summed E-state index contributed by atoms with van der Waals surface area (Å²) >= 11 is 0. The van der Waals surface area contributed by atoms with Gasteiger partial charge in [-0.3, -0.25) is 0 Å². The minimum Gasteiger partial charge on any atom is -0.497 e. The maximum atomic E-state index is 12.2. The molecular formula is C17H19F3IN3O2. The number of hydrogen-bond donors (Lipinski definition) is 2. The van der Waals surface area contributed by atoms with E-state index in [2.05, 4.69) is 10.3 Å². The largest absolute Gasteiger partial charge is 0.497 e. The summed E-state index contributed by atoms with van der Waals surface area (Å²) in [6.07, 6.45) is -4.37. The van der Waals surface area contributed by atoms with E-state index < -0.39 is 12.8 Å². The van der Waals surface area contributed by atoms with Gasteiger partial charge in [0.15, 0.2) is 12.6 Å². The number of alkyl halides is 3. The highest BCUT2D eigenvalue weighted by atomic mass is 127. The molecule has 26 heavy (non-hydrogen) atoms. The van der Waals surface area contributed by atoms with E-state index in [4.69, 9.17) is 15.2 Å². The zero-order valence-electron chi connectivity index (χ0n) is 13.9. The molecule has 0 bridgehead atoms. The Balaban J connectivity index is 0.00000338. The molecule has 0 saturated carbocycles. The maximum Gasteiger partial charge on any atom is 0.422 e. The first kappa shape index (κ1) is 21.9. The van der Waals surface area contributed by atoms with Crippen LogP contribution in [-0.2, 0) is 6.54 Å². The van der Waals surface area contributed by atoms with Gasteiger partial charge < -0.3 is 20.5 Å². The van der Waals surface area contributed by atoms with E-state index in [1.165, 1.54) is 12.1 Å². The molecule has 0 spiro atoms. The number of halogens is 4. The summed E-state index contributed by atoms with van der Waals surface area (Å²) in [5.41, 5.74) is 7.23. The van der Waals surface area contributed by atoms with Crippen LogP contribution in [-0.4, -0.2) is 25.9 Å². The number of nitrogens with two attached hydrogens (primary N) is 1. The van der Waals surface area contributed by atoms with Crippen LogP contribution in [0.5, 0.6) is 11.5 Å². The Kier molecular flexibility index (Phi) is 8.49. The quantitative estimate of drug-likeness (QED) is 0.369. The first-order chi connectivity index (χ1) is 11.9. The molecule has 0 saturated heterocycles. The predicted molar refractivity (Wildman–Crippen MR) is 105 cm³/mol. The smallest absolute Gasteiger partial charge is 0.422 e. The molecule has 5 nitrogen and oxygen atoms in total. The van der Waals surface area contributed by atoms with E-state index in [-0.39, 0.29) is 42.2 Å². The van der Waals surface area contributed by atoms with E-state index in [0.717, 1.165) is 11.4 Å². The van der Waals surface area contributed by atoms with Crippen molar-refractivity contribution < 1.29 is 22.6 Å². The van der Waals surface area contributed by atoms with E-state index >= 15 is 0 Å². The molecule has 2 aromatic rings. The molecule has 0 fully saturated rings. The second kappa shape index (κ2) is 10.1. The fourth-order valence-electron chi connectivity index (χ4n) is 1.94. The number of anilines is 1. The molecule has 0 atom stereocenters. The molecule has 0 aliphatic rings. The van der Waals surface area contributed by atoms with Crippen molar-refractivity contribution in [2.45, 2.75) is 12.7 Å². The first-order valence-corrected chi connectivity index (χ1v) is 7.35. The van der Waals surface area contributed by atoms with Gasteiger partial charge in [0.05, 0.1) is 13.7 Å². The number of benzene rings is 2. The number of methoxy groups -OCH3 is 1. The highest BCUT2D eigenvalue weighted by molar-refractivity contribution is 14.0. The molecule has 0 aliphatic carbocycles. The van der Waals surface area contributed by atoms with Crippen molar-refractivity contribution >= 4 is 35.6 Å². The van der Waals surface area contributed by atoms with Gasteiger partial charge in [0.2, 0.25) is 0 Å². The van der Waals surface area contributed by atoms with Gasteiger partial charge in [-0.25, -0.2) is 4.99 Å². The van der Waals surface area contributed by atoms with Crippen molar-refractivity contribution in [3.05, 3.63) is 54.1 Å². The van der Waals surface area contributed by atoms with Crippen molar-refractivity contribution in [3.8, 4) is 11.5 Å². The van der Waals surface area contributed by atoms with Crippen LogP contribution in [0.1, 0.15) is 5.56 Å². The van der Waals surface area contributed by atoms with Gasteiger partial charge in [-0.1, -0.05) is 12.1 Å². The number of nitrogens with zero attached hydrogens (tertiary/aromatic N) is 1. The standard InChI is InChI=1S/C17H18F3N3O2.HI/c1-24-14-7-5-13(6-8-14)23-16(21)22-10-12-3-2-4-15(9-12)25-11-17(18,19)20;/h2-9H,10-11H2,1H3,(H3,21,22,23);1H. The second-order valence-corrected chi connectivity index (χ2v) is 5.11. The lowest BCUT2D eigenvalue weighted by Crippen LogP contribution is -2.22. The molecule has 2 rings (SSSR count). The van der Waals surface area contributed by atoms with Crippen molar-refractivity contribution in [3.63, 3.8) is 0 Å². The van der Waals surface area contributed by atoms with Crippen LogP contribution in [0.15, 0.2) is 53.5 Å². The van der Waals surface area contributed by atoms with Crippen LogP contribution in [0.4, 0.5) is 18.9 Å². The second-order valence-electron chi connectivity index (χ2n) is 5.11. The monoisotopic (exact) mass is 481 g/mol. The SMILES string of the molecule is COc1ccc(NC(N)=NCc2cccc(OCC(F)(F)F)c2)cc1.I. The molecule has 9 heteroatoms. The highest BCUT2D eigenvalue weighted by Crippen LogP contribution is 2.20. The molecule has 142 valence electrons. The lowest BCUT2D eigenvalue weighted by Gasteiger charge is -2.10. The first-order valence-electron chi connectivity index (χ1n) is 7.35. The molecular weight excluding hydrogens is 462 g/mol. The third kappa shape index (κ3) is 7.81. The average Bonchev–Trinajstić information content (AvgIpc) is 2.59. The van der Waals surface area contributed by atoms with Crippen LogP contribution >= 0.6 is 24.0 Å². The van der Waals surface area contributed by atoms with Crippen molar-refractivity contribution in [2.24, 2.45) is 10.7 Å². The molecule has 0 amide bonds. The number of rotatable bonds is 6. The van der Waals surface area contributed by atoms with Crippen molar-refractivity contribution in [2.75, 3.05) is 19.0 Å². The maximum absolute atomic E-state index is 12.2. The fraction of sp³-hybridized carbons (Fsp3) is 0.235. The summed E-state index contributed by atoms with van der Waals surface area (Å²) in [6.45, 7) is -1.13. The number of nitrogens with one attached hydrogen (secondary N) is 1. The minimum absolute atomic E-state index is 0. The van der Waals surface area contributed by atoms with Crippen LogP contribution in [0.3, 0.4) is 0 Å². The number of ether oxygens (including phenoxy) is 2. The summed E-state index contributed by atoms with van der Waals surface area (Å²) in [4.78, 5) is 4.16. The lowest BCUT2D eigenvalue weighted by molar-refractivity contribution is -0.153. The predicted octanol–water partition coefficient (Wildman–Crippen LogP) is 4.18. The molecule has 3 N–H and O–H groups in total. The number of hydrogen-bond acceptors (Lipinski definition) is 3. The van der Waals surface area contributed by atoms with Gasteiger partial charge in [0.25, 0.3) is 0 Å². The average molecular weight is 481 g/mol. The lowest BCUT2D eigenvalue weighted by atomic mass is 10.2. The van der Waals surface area contributed by atoms with Gasteiger partial charge >= 0.3 is 6.18 Å². The Morgan fingerprint density at radius 2 is 1.81 bits per heavy atom. The molecule has 0 unspecified atom stereocenters. The van der Waals surface area contributed by atoms with E-state index in [9.17, 15) is 13.2 Å². The van der Waals surface area contributed by atoms with Gasteiger partial charge in [-0.05, 0) is 42.0 Å². The van der Waals surface area contributed by atoms with Crippen LogP contribution < -0.4 is 20.5 Å². The minimum atomic E-state index is -4.37. The molecule has 2 aromatic carbocycles. The van der Waals surface area contributed by atoms with Gasteiger partial charge in [0.1, 0.15) is 11.5 Å². The van der Waals surface area contributed by atoms with E-state index in [0.29, 0.717) is 5.56 Å². The molecule has 0 radical (unpaired) electrons. The normalized spacial score (nSPS) is 11.5. The Morgan fingerprint density at radius 3 is 2.42 bits per heavy atom. The third-order valence-electron chi connectivity index (χ3n) is 3.10. The fourth-order valence-corrected chi connectivity index (χ4v) is 1.94. The highest BCUT2D eigenvalue weighted by Gasteiger charge is 2.28. The summed E-state index contributed by atoms with van der Waals surface area (Å²) in [7, 11) is 1.57. The van der Waals surface area contributed by atoms with Crippen LogP contribution in [0, 0.1) is 0 Å². The van der Waals surface area contributed by atoms with Crippen molar-refractivity contribution in [1.29, 1.82) is 0 Å². The van der Waals surface area contributed by atoms with Crippen molar-refractivity contribution in [1.82, 2.24) is 0 Å². The Morgan fingerprint density at radius 1 is 1.12 bits per heavy atom. The number of guanidine groups is 1. The number of aliphatic imine (C=N–C) groups is 1. The summed E-state index contributed by atoms with van der Waals surface area (Å²) in [5, 5.41) is 2.92. The molecule has 0 aromatic heterocycles. The van der Waals surface area contributed by atoms with Crippen LogP contribution in [0.25, 0.3) is 0 Å². The van der Waals surface area contributed by atoms with Gasteiger partial charge in [-0.2, -0.15) is 13.2 Å². The van der Waals surface area contributed by atoms with E-state index in [1.807, 2.05) is 0 Å². The molecule has 0 heterocycles. The van der Waals surface area contributed by atoms with Crippen LogP contribution in [0.2, 0.25) is 0 Å². The Labute approximate surface area is 166 Å². The Bertz CT molecular complexity index is 722. The van der Waals surface area contributed by atoms with E-state index in [1.54, 1.807) is 43.5 Å².